The van der Waals surface area contributed by atoms with Gasteiger partial charge in [0.25, 0.3) is 5.91 Å². The summed E-state index contributed by atoms with van der Waals surface area (Å²) in [5.41, 5.74) is 1.94. The van der Waals surface area contributed by atoms with Gasteiger partial charge in [0.2, 0.25) is 0 Å². The monoisotopic (exact) mass is 115 g/mol. The molecule has 0 aromatic carbocycles. The molecule has 4 heteroatoms. The van der Waals surface area contributed by atoms with E-state index in [1.807, 2.05) is 5.48 Å². The first-order valence-electron chi connectivity index (χ1n) is 2.27. The van der Waals surface area contributed by atoms with Gasteiger partial charge < -0.3 is 4.84 Å². The Morgan fingerprint density at radius 1 is 1.38 bits per heavy atom. The summed E-state index contributed by atoms with van der Waals surface area (Å²) in [4.78, 5) is 24.5. The summed E-state index contributed by atoms with van der Waals surface area (Å²) in [6.45, 7) is 0. The molecule has 1 rings (SSSR count). The van der Waals surface area contributed by atoms with Crippen LogP contribution in [0.5, 0.6) is 0 Å². The van der Waals surface area contributed by atoms with Crippen molar-refractivity contribution in [3.63, 3.8) is 0 Å². The van der Waals surface area contributed by atoms with Crippen LogP contribution in [0, 0.1) is 0 Å². The second-order valence-corrected chi connectivity index (χ2v) is 1.50. The Balaban J connectivity index is 2.40. The van der Waals surface area contributed by atoms with E-state index < -0.39 is 0 Å². The predicted octanol–water partition coefficient (Wildman–Crippen LogP) is -0.645. The summed E-state index contributed by atoms with van der Waals surface area (Å²) in [5.74, 6) is -0.603. The minimum atomic E-state index is -0.371. The van der Waals surface area contributed by atoms with E-state index in [0.717, 1.165) is 0 Å². The van der Waals surface area contributed by atoms with Gasteiger partial charge in [0.05, 0.1) is 6.42 Å². The average molecular weight is 115 g/mol. The predicted molar refractivity (Wildman–Crippen MR) is 23.5 cm³/mol. The molecule has 0 spiro atoms. The van der Waals surface area contributed by atoms with Crippen LogP contribution in [0.15, 0.2) is 0 Å². The molecule has 0 aromatic heterocycles. The van der Waals surface area contributed by atoms with Gasteiger partial charge >= 0.3 is 5.97 Å². The third-order valence-corrected chi connectivity index (χ3v) is 0.835. The van der Waals surface area contributed by atoms with Crippen LogP contribution in [-0.2, 0) is 14.4 Å². The lowest BCUT2D eigenvalue weighted by Crippen LogP contribution is -2.32. The van der Waals surface area contributed by atoms with E-state index in [1.54, 1.807) is 0 Å². The zero-order chi connectivity index (χ0) is 5.98. The molecule has 1 aliphatic rings. The van der Waals surface area contributed by atoms with E-state index >= 15 is 0 Å². The summed E-state index contributed by atoms with van der Waals surface area (Å²) in [6, 6.07) is 0. The highest BCUT2D eigenvalue weighted by atomic mass is 16.7. The lowest BCUT2D eigenvalue weighted by atomic mass is 10.3. The minimum absolute atomic E-state index is 0.200. The maximum atomic E-state index is 10.2. The fourth-order valence-corrected chi connectivity index (χ4v) is 0.431. The van der Waals surface area contributed by atoms with Crippen molar-refractivity contribution < 1.29 is 14.4 Å². The van der Waals surface area contributed by atoms with Crippen molar-refractivity contribution >= 4 is 11.9 Å². The average Bonchev–Trinajstić information content (AvgIpc) is 1.77. The molecule has 44 valence electrons. The lowest BCUT2D eigenvalue weighted by Gasteiger charge is -2.08. The third kappa shape index (κ3) is 0.959. The highest BCUT2D eigenvalue weighted by Crippen LogP contribution is 1.96. The normalized spacial score (nSPS) is 19.5. The molecule has 0 aromatic rings. The molecule has 1 aliphatic heterocycles. The molecule has 0 saturated carbocycles. The molecule has 0 unspecified atom stereocenters. The number of nitrogens with one attached hydrogen (secondary N) is 1. The number of carbonyl (C=O) groups is 2. The molecule has 1 heterocycles. The number of amides is 1. The van der Waals surface area contributed by atoms with Crippen LogP contribution >= 0.6 is 0 Å². The summed E-state index contributed by atoms with van der Waals surface area (Å²) < 4.78 is 0. The summed E-state index contributed by atoms with van der Waals surface area (Å²) in [5, 5.41) is 0. The quantitative estimate of drug-likeness (QED) is 0.456. The van der Waals surface area contributed by atoms with Gasteiger partial charge in [-0.15, -0.1) is 0 Å². The van der Waals surface area contributed by atoms with Crippen molar-refractivity contribution in [1.29, 1.82) is 0 Å². The van der Waals surface area contributed by atoms with E-state index in [1.165, 1.54) is 0 Å². The fourth-order valence-electron chi connectivity index (χ4n) is 0.431. The zero-order valence-electron chi connectivity index (χ0n) is 4.14. The molecule has 0 atom stereocenters. The van der Waals surface area contributed by atoms with Gasteiger partial charge in [0.15, 0.2) is 0 Å². The zero-order valence-corrected chi connectivity index (χ0v) is 4.14. The molecule has 1 amide bonds. The minimum Gasteiger partial charge on any atom is -0.341 e. The topological polar surface area (TPSA) is 55.4 Å². The van der Waals surface area contributed by atoms with Gasteiger partial charge in [-0.3, -0.25) is 4.79 Å². The van der Waals surface area contributed by atoms with Crippen LogP contribution in [0.4, 0.5) is 0 Å². The van der Waals surface area contributed by atoms with Gasteiger partial charge in [0.1, 0.15) is 0 Å². The van der Waals surface area contributed by atoms with E-state index in [0.29, 0.717) is 0 Å². The summed E-state index contributed by atoms with van der Waals surface area (Å²) in [7, 11) is 0. The Morgan fingerprint density at radius 3 is 2.50 bits per heavy atom. The smallest absolute Gasteiger partial charge is 0.332 e. The van der Waals surface area contributed by atoms with Crippen molar-refractivity contribution in [2.45, 2.75) is 12.8 Å². The largest absolute Gasteiger partial charge is 0.341 e. The standard InChI is InChI=1S/C4H5NO3/c6-3-1-2-4(7)8-5-3/h1-2H2,(H,5,6). The highest BCUT2D eigenvalue weighted by Gasteiger charge is 2.14. The second-order valence-electron chi connectivity index (χ2n) is 1.50. The van der Waals surface area contributed by atoms with E-state index in [4.69, 9.17) is 0 Å². The molecule has 1 fully saturated rings. The van der Waals surface area contributed by atoms with Crippen LogP contribution in [0.25, 0.3) is 0 Å². The molecule has 1 N–H and O–H groups in total. The Hall–Kier alpha value is -1.06. The van der Waals surface area contributed by atoms with E-state index in [2.05, 4.69) is 4.84 Å². The maximum Gasteiger partial charge on any atom is 0.332 e. The first-order chi connectivity index (χ1) is 3.79. The van der Waals surface area contributed by atoms with Crippen molar-refractivity contribution in [2.75, 3.05) is 0 Å². The van der Waals surface area contributed by atoms with Gasteiger partial charge in [-0.2, -0.15) is 5.48 Å². The molecule has 0 aliphatic carbocycles. The first-order valence-corrected chi connectivity index (χ1v) is 2.27. The van der Waals surface area contributed by atoms with Crippen LogP contribution < -0.4 is 5.48 Å². The Kier molecular flexibility index (Phi) is 1.15. The van der Waals surface area contributed by atoms with Crippen LogP contribution in [0.2, 0.25) is 0 Å². The Bertz CT molecular complexity index is 103. The van der Waals surface area contributed by atoms with Crippen LogP contribution in [0.3, 0.4) is 0 Å². The van der Waals surface area contributed by atoms with Gasteiger partial charge in [-0.1, -0.05) is 0 Å². The van der Waals surface area contributed by atoms with Crippen molar-refractivity contribution in [3.05, 3.63) is 0 Å². The highest BCUT2D eigenvalue weighted by molar-refractivity contribution is 5.84. The first kappa shape index (κ1) is 5.08. The SMILES string of the molecule is O=C1CCC(=O)ON1. The van der Waals surface area contributed by atoms with Gasteiger partial charge in [0, 0.05) is 6.42 Å². The molecular formula is C4H5NO3. The summed E-state index contributed by atoms with van der Waals surface area (Å²) >= 11 is 0. The molecule has 4 nitrogen and oxygen atoms in total. The number of carbonyl (C=O) groups excluding carboxylic acids is 2. The van der Waals surface area contributed by atoms with Gasteiger partial charge in [-0.25, -0.2) is 4.79 Å². The molecule has 1 saturated heterocycles. The van der Waals surface area contributed by atoms with Crippen LogP contribution in [0.1, 0.15) is 12.8 Å². The van der Waals surface area contributed by atoms with E-state index in [9.17, 15) is 9.59 Å². The van der Waals surface area contributed by atoms with Gasteiger partial charge in [-0.05, 0) is 0 Å². The lowest BCUT2D eigenvalue weighted by molar-refractivity contribution is -0.164. The molecule has 0 radical (unpaired) electrons. The summed E-state index contributed by atoms with van der Waals surface area (Å²) in [6.07, 6.45) is 0.449. The third-order valence-electron chi connectivity index (χ3n) is 0.835. The van der Waals surface area contributed by atoms with Crippen molar-refractivity contribution in [3.8, 4) is 0 Å². The molecule has 8 heavy (non-hydrogen) atoms. The number of hydrogen-bond acceptors (Lipinski definition) is 3. The maximum absolute atomic E-state index is 10.2. The Morgan fingerprint density at radius 2 is 2.12 bits per heavy atom. The molecular weight excluding hydrogens is 110 g/mol. The van der Waals surface area contributed by atoms with Crippen LogP contribution in [-0.4, -0.2) is 11.9 Å². The van der Waals surface area contributed by atoms with Crippen molar-refractivity contribution in [2.24, 2.45) is 0 Å². The number of hydroxylamine groups is 1. The number of hydrogen-bond donors (Lipinski definition) is 1. The number of rotatable bonds is 0. The molecule has 0 bridgehead atoms. The Labute approximate surface area is 45.8 Å². The van der Waals surface area contributed by atoms with Crippen molar-refractivity contribution in [1.82, 2.24) is 5.48 Å². The second kappa shape index (κ2) is 1.81. The fraction of sp³-hybridized carbons (Fsp3) is 0.500. The van der Waals surface area contributed by atoms with E-state index in [-0.39, 0.29) is 24.7 Å².